The van der Waals surface area contributed by atoms with E-state index in [-0.39, 0.29) is 24.0 Å². The first-order valence-corrected chi connectivity index (χ1v) is 9.01. The van der Waals surface area contributed by atoms with Gasteiger partial charge < -0.3 is 19.1 Å². The molecule has 1 aromatic rings. The number of aromatic nitrogens is 1. The lowest BCUT2D eigenvalue weighted by molar-refractivity contribution is -0.168. The molecular weight excluding hydrogens is 320 g/mol. The van der Waals surface area contributed by atoms with E-state index in [4.69, 9.17) is 14.2 Å². The van der Waals surface area contributed by atoms with Crippen molar-refractivity contribution in [3.8, 4) is 0 Å². The molecule has 6 heteroatoms. The third-order valence-electron chi connectivity index (χ3n) is 5.19. The number of ether oxygens (including phenoxy) is 3. The highest BCUT2D eigenvalue weighted by molar-refractivity contribution is 5.77. The fraction of sp³-hybridized carbons (Fsp3) is 0.684. The molecule has 2 fully saturated rings. The lowest BCUT2D eigenvalue weighted by Crippen LogP contribution is -2.58. The van der Waals surface area contributed by atoms with Crippen LogP contribution in [0.4, 0.5) is 0 Å². The van der Waals surface area contributed by atoms with Crippen molar-refractivity contribution in [1.29, 1.82) is 0 Å². The molecule has 2 aliphatic heterocycles. The van der Waals surface area contributed by atoms with Crippen LogP contribution in [-0.4, -0.2) is 61.9 Å². The van der Waals surface area contributed by atoms with Gasteiger partial charge in [-0.05, 0) is 38.3 Å². The van der Waals surface area contributed by atoms with Crippen LogP contribution >= 0.6 is 0 Å². The number of hydrogen-bond acceptors (Lipinski definition) is 5. The number of methoxy groups -OCH3 is 1. The normalized spacial score (nSPS) is 26.3. The second-order valence-corrected chi connectivity index (χ2v) is 7.13. The summed E-state index contributed by atoms with van der Waals surface area (Å²) in [6, 6.07) is 5.96. The summed E-state index contributed by atoms with van der Waals surface area (Å²) < 4.78 is 17.1. The number of likely N-dealkylation sites (tertiary alicyclic amines) is 1. The molecule has 0 saturated carbocycles. The highest BCUT2D eigenvalue weighted by Crippen LogP contribution is 2.40. The molecule has 1 amide bonds. The Hall–Kier alpha value is -1.50. The van der Waals surface area contributed by atoms with Crippen molar-refractivity contribution >= 4 is 5.91 Å². The van der Waals surface area contributed by atoms with Crippen LogP contribution < -0.4 is 0 Å². The summed E-state index contributed by atoms with van der Waals surface area (Å²) in [6.07, 6.45) is 3.06. The summed E-state index contributed by atoms with van der Waals surface area (Å²) in [5.74, 6) is 0.0475. The molecule has 0 aromatic carbocycles. The van der Waals surface area contributed by atoms with Crippen LogP contribution in [0, 0.1) is 12.3 Å². The minimum absolute atomic E-state index is 0.0475. The van der Waals surface area contributed by atoms with Gasteiger partial charge in [-0.15, -0.1) is 0 Å². The maximum atomic E-state index is 12.3. The van der Waals surface area contributed by atoms with E-state index in [1.807, 2.05) is 30.0 Å². The fourth-order valence-corrected chi connectivity index (χ4v) is 3.97. The summed E-state index contributed by atoms with van der Waals surface area (Å²) in [5, 5.41) is 0. The van der Waals surface area contributed by atoms with Gasteiger partial charge in [0.15, 0.2) is 0 Å². The largest absolute Gasteiger partial charge is 0.377 e. The number of rotatable bonds is 6. The molecule has 2 aliphatic rings. The summed E-state index contributed by atoms with van der Waals surface area (Å²) >= 11 is 0. The minimum Gasteiger partial charge on any atom is -0.377 e. The lowest BCUT2D eigenvalue weighted by Gasteiger charge is -2.50. The van der Waals surface area contributed by atoms with Gasteiger partial charge in [-0.1, -0.05) is 6.07 Å². The van der Waals surface area contributed by atoms with Crippen molar-refractivity contribution in [2.24, 2.45) is 5.41 Å². The first kappa shape index (κ1) is 18.3. The Bertz CT molecular complexity index is 595. The Kier molecular flexibility index (Phi) is 6.04. The molecule has 0 spiro atoms. The van der Waals surface area contributed by atoms with Crippen LogP contribution in [0.15, 0.2) is 18.2 Å². The SMILES string of the molecule is COCC(=O)N1CC[C@@H]2OCCC[C@@]2(COCc2cccc(C)n2)C1. The van der Waals surface area contributed by atoms with Crippen LogP contribution in [0.3, 0.4) is 0 Å². The highest BCUT2D eigenvalue weighted by atomic mass is 16.5. The number of fused-ring (bicyclic) bond motifs is 1. The van der Waals surface area contributed by atoms with Crippen LogP contribution in [-0.2, 0) is 25.6 Å². The van der Waals surface area contributed by atoms with Crippen molar-refractivity contribution in [2.75, 3.05) is 40.0 Å². The van der Waals surface area contributed by atoms with Gasteiger partial charge in [0, 0.05) is 37.9 Å². The number of hydrogen-bond donors (Lipinski definition) is 0. The summed E-state index contributed by atoms with van der Waals surface area (Å²) in [4.78, 5) is 18.7. The van der Waals surface area contributed by atoms with E-state index in [0.717, 1.165) is 43.8 Å². The molecule has 0 aliphatic carbocycles. The Morgan fingerprint density at radius 2 is 2.36 bits per heavy atom. The standard InChI is InChI=1S/C19H28N2O4/c1-15-5-3-6-16(20-15)11-24-14-19-8-4-10-25-17(19)7-9-21(13-19)18(22)12-23-2/h3,5-6,17H,4,7-14H2,1-2H3/t17-,19-/m0/s1. The average molecular weight is 348 g/mol. The number of carbonyl (C=O) groups excluding carboxylic acids is 1. The Labute approximate surface area is 149 Å². The molecule has 2 atom stereocenters. The minimum atomic E-state index is -0.121. The molecular formula is C19H28N2O4. The van der Waals surface area contributed by atoms with Crippen LogP contribution in [0.2, 0.25) is 0 Å². The summed E-state index contributed by atoms with van der Waals surface area (Å²) in [6.45, 7) is 5.41. The number of piperidine rings is 1. The second kappa shape index (κ2) is 8.25. The van der Waals surface area contributed by atoms with Crippen molar-refractivity contribution in [1.82, 2.24) is 9.88 Å². The highest BCUT2D eigenvalue weighted by Gasteiger charge is 2.47. The quantitative estimate of drug-likeness (QED) is 0.786. The third-order valence-corrected chi connectivity index (χ3v) is 5.19. The fourth-order valence-electron chi connectivity index (χ4n) is 3.97. The van der Waals surface area contributed by atoms with E-state index in [2.05, 4.69) is 4.98 Å². The lowest BCUT2D eigenvalue weighted by atomic mass is 9.73. The number of carbonyl (C=O) groups is 1. The first-order valence-electron chi connectivity index (χ1n) is 9.01. The zero-order valence-corrected chi connectivity index (χ0v) is 15.2. The first-order chi connectivity index (χ1) is 12.1. The van der Waals surface area contributed by atoms with Crippen molar-refractivity contribution in [2.45, 2.75) is 38.9 Å². The number of amides is 1. The molecule has 0 unspecified atom stereocenters. The molecule has 138 valence electrons. The van der Waals surface area contributed by atoms with E-state index < -0.39 is 0 Å². The van der Waals surface area contributed by atoms with Gasteiger partial charge in [-0.25, -0.2) is 0 Å². The van der Waals surface area contributed by atoms with Gasteiger partial charge in [-0.2, -0.15) is 0 Å². The predicted molar refractivity (Wildman–Crippen MR) is 93.1 cm³/mol. The molecule has 6 nitrogen and oxygen atoms in total. The maximum Gasteiger partial charge on any atom is 0.248 e. The number of nitrogens with zero attached hydrogens (tertiary/aromatic N) is 2. The zero-order valence-electron chi connectivity index (χ0n) is 15.2. The van der Waals surface area contributed by atoms with Gasteiger partial charge in [0.2, 0.25) is 5.91 Å². The monoisotopic (exact) mass is 348 g/mol. The molecule has 2 saturated heterocycles. The smallest absolute Gasteiger partial charge is 0.248 e. The number of pyridine rings is 1. The molecule has 3 rings (SSSR count). The van der Waals surface area contributed by atoms with Crippen LogP contribution in [0.25, 0.3) is 0 Å². The van der Waals surface area contributed by atoms with Gasteiger partial charge >= 0.3 is 0 Å². The van der Waals surface area contributed by atoms with Crippen molar-refractivity contribution in [3.05, 3.63) is 29.6 Å². The summed E-state index contributed by atoms with van der Waals surface area (Å²) in [5.41, 5.74) is 1.81. The van der Waals surface area contributed by atoms with E-state index >= 15 is 0 Å². The van der Waals surface area contributed by atoms with Crippen molar-refractivity contribution in [3.63, 3.8) is 0 Å². The summed E-state index contributed by atoms with van der Waals surface area (Å²) in [7, 11) is 1.56. The van der Waals surface area contributed by atoms with E-state index in [9.17, 15) is 4.79 Å². The number of aryl methyl sites for hydroxylation is 1. The molecule has 0 N–H and O–H groups in total. The van der Waals surface area contributed by atoms with Gasteiger partial charge in [0.25, 0.3) is 0 Å². The second-order valence-electron chi connectivity index (χ2n) is 7.13. The average Bonchev–Trinajstić information content (AvgIpc) is 2.61. The van der Waals surface area contributed by atoms with E-state index in [1.54, 1.807) is 7.11 Å². The molecule has 1 aromatic heterocycles. The molecule has 25 heavy (non-hydrogen) atoms. The predicted octanol–water partition coefficient (Wildman–Crippen LogP) is 1.95. The Balaban J connectivity index is 1.64. The molecule has 0 bridgehead atoms. The maximum absolute atomic E-state index is 12.3. The van der Waals surface area contributed by atoms with Crippen LogP contribution in [0.1, 0.15) is 30.7 Å². The van der Waals surface area contributed by atoms with Gasteiger partial charge in [0.1, 0.15) is 6.61 Å². The van der Waals surface area contributed by atoms with Gasteiger partial charge in [0.05, 0.1) is 25.0 Å². The molecule has 3 heterocycles. The Morgan fingerprint density at radius 1 is 1.48 bits per heavy atom. The Morgan fingerprint density at radius 3 is 3.16 bits per heavy atom. The van der Waals surface area contributed by atoms with Gasteiger partial charge in [-0.3, -0.25) is 9.78 Å². The van der Waals surface area contributed by atoms with Crippen molar-refractivity contribution < 1.29 is 19.0 Å². The van der Waals surface area contributed by atoms with Crippen LogP contribution in [0.5, 0.6) is 0 Å². The molecule has 0 radical (unpaired) electrons. The topological polar surface area (TPSA) is 60.9 Å². The zero-order chi connectivity index (χ0) is 17.7. The third kappa shape index (κ3) is 4.37. The van der Waals surface area contributed by atoms with E-state index in [1.165, 1.54) is 0 Å². The van der Waals surface area contributed by atoms with E-state index in [0.29, 0.717) is 19.8 Å².